The van der Waals surface area contributed by atoms with Crippen molar-refractivity contribution in [3.8, 4) is 0 Å². The van der Waals surface area contributed by atoms with E-state index in [0.29, 0.717) is 12.5 Å². The summed E-state index contributed by atoms with van der Waals surface area (Å²) in [4.78, 5) is 4.67. The van der Waals surface area contributed by atoms with Crippen molar-refractivity contribution in [2.75, 3.05) is 32.7 Å². The van der Waals surface area contributed by atoms with Crippen molar-refractivity contribution in [3.63, 3.8) is 0 Å². The van der Waals surface area contributed by atoms with Crippen LogP contribution in [0.15, 0.2) is 29.4 Å². The first-order valence-corrected chi connectivity index (χ1v) is 7.58. The Labute approximate surface area is 127 Å². The van der Waals surface area contributed by atoms with Crippen LogP contribution in [0.5, 0.6) is 0 Å². The van der Waals surface area contributed by atoms with Crippen molar-refractivity contribution >= 4 is 5.84 Å². The molecule has 0 spiro atoms. The number of rotatable bonds is 5. The van der Waals surface area contributed by atoms with E-state index in [4.69, 9.17) is 10.9 Å². The maximum atomic E-state index is 8.60. The van der Waals surface area contributed by atoms with Gasteiger partial charge in [0.05, 0.1) is 6.54 Å². The Bertz CT molecular complexity index is 462. The first-order chi connectivity index (χ1) is 10.1. The minimum absolute atomic E-state index is 0.285. The highest BCUT2D eigenvalue weighted by Gasteiger charge is 2.17. The van der Waals surface area contributed by atoms with Crippen molar-refractivity contribution < 1.29 is 5.21 Å². The SMILES string of the molecule is CC(C)c1ccc(CN2CCN(CC(N)=NO)CC2)cc1. The fraction of sp³-hybridized carbons (Fsp3) is 0.562. The predicted octanol–water partition coefficient (Wildman–Crippen LogP) is 1.67. The zero-order chi connectivity index (χ0) is 15.2. The summed E-state index contributed by atoms with van der Waals surface area (Å²) < 4.78 is 0. The zero-order valence-electron chi connectivity index (χ0n) is 13.0. The maximum absolute atomic E-state index is 8.60. The van der Waals surface area contributed by atoms with E-state index < -0.39 is 0 Å². The van der Waals surface area contributed by atoms with E-state index in [9.17, 15) is 0 Å². The Morgan fingerprint density at radius 1 is 1.14 bits per heavy atom. The van der Waals surface area contributed by atoms with Crippen LogP contribution in [-0.2, 0) is 6.54 Å². The number of benzene rings is 1. The zero-order valence-corrected chi connectivity index (χ0v) is 13.0. The summed E-state index contributed by atoms with van der Waals surface area (Å²) in [7, 11) is 0. The molecule has 0 radical (unpaired) electrons. The highest BCUT2D eigenvalue weighted by molar-refractivity contribution is 5.81. The number of piperazine rings is 1. The molecule has 3 N–H and O–H groups in total. The number of hydrogen-bond acceptors (Lipinski definition) is 4. The number of nitrogens with two attached hydrogens (primary N) is 1. The average molecular weight is 290 g/mol. The van der Waals surface area contributed by atoms with Gasteiger partial charge in [0.15, 0.2) is 5.84 Å². The van der Waals surface area contributed by atoms with E-state index in [1.807, 2.05) is 0 Å². The largest absolute Gasteiger partial charge is 0.409 e. The summed E-state index contributed by atoms with van der Waals surface area (Å²) in [5, 5.41) is 11.6. The molecule has 0 saturated carbocycles. The second kappa shape index (κ2) is 7.43. The van der Waals surface area contributed by atoms with Gasteiger partial charge < -0.3 is 10.9 Å². The monoisotopic (exact) mass is 290 g/mol. The molecule has 1 aliphatic heterocycles. The number of oxime groups is 1. The quantitative estimate of drug-likeness (QED) is 0.375. The fourth-order valence-corrected chi connectivity index (χ4v) is 2.63. The van der Waals surface area contributed by atoms with Crippen molar-refractivity contribution in [3.05, 3.63) is 35.4 Å². The molecule has 1 heterocycles. The number of nitrogens with zero attached hydrogens (tertiary/aromatic N) is 3. The molecule has 0 unspecified atom stereocenters. The van der Waals surface area contributed by atoms with Crippen molar-refractivity contribution in [1.29, 1.82) is 0 Å². The molecule has 0 aliphatic carbocycles. The molecule has 0 aromatic heterocycles. The molecule has 21 heavy (non-hydrogen) atoms. The Morgan fingerprint density at radius 3 is 2.24 bits per heavy atom. The highest BCUT2D eigenvalue weighted by atomic mass is 16.4. The summed E-state index contributed by atoms with van der Waals surface area (Å²) in [5.74, 6) is 0.869. The molecule has 5 heteroatoms. The van der Waals surface area contributed by atoms with Gasteiger partial charge in [0.1, 0.15) is 0 Å². The first-order valence-electron chi connectivity index (χ1n) is 7.58. The molecule has 0 bridgehead atoms. The summed E-state index contributed by atoms with van der Waals surface area (Å²) in [6, 6.07) is 8.93. The molecule has 1 fully saturated rings. The Morgan fingerprint density at radius 2 is 1.71 bits per heavy atom. The fourth-order valence-electron chi connectivity index (χ4n) is 2.63. The molecule has 1 aromatic rings. The van der Waals surface area contributed by atoms with Gasteiger partial charge in [-0.05, 0) is 17.0 Å². The topological polar surface area (TPSA) is 65.1 Å². The third-order valence-electron chi connectivity index (χ3n) is 4.03. The van der Waals surface area contributed by atoms with Crippen LogP contribution in [0.1, 0.15) is 30.9 Å². The lowest BCUT2D eigenvalue weighted by molar-refractivity contribution is 0.139. The Hall–Kier alpha value is -1.59. The van der Waals surface area contributed by atoms with Crippen LogP contribution in [0.4, 0.5) is 0 Å². The minimum atomic E-state index is 0.285. The van der Waals surface area contributed by atoms with Crippen LogP contribution in [0.25, 0.3) is 0 Å². The van der Waals surface area contributed by atoms with E-state index in [0.717, 1.165) is 32.7 Å². The summed E-state index contributed by atoms with van der Waals surface area (Å²) in [5.41, 5.74) is 8.30. The molecule has 5 nitrogen and oxygen atoms in total. The van der Waals surface area contributed by atoms with Crippen LogP contribution >= 0.6 is 0 Å². The van der Waals surface area contributed by atoms with Crippen molar-refractivity contribution in [2.24, 2.45) is 10.9 Å². The third kappa shape index (κ3) is 4.72. The average Bonchev–Trinajstić information content (AvgIpc) is 2.49. The first kappa shape index (κ1) is 15.8. The van der Waals surface area contributed by atoms with Crippen molar-refractivity contribution in [2.45, 2.75) is 26.3 Å². The smallest absolute Gasteiger partial charge is 0.153 e. The molecule has 1 aliphatic rings. The molecular weight excluding hydrogens is 264 g/mol. The third-order valence-corrected chi connectivity index (χ3v) is 4.03. The van der Waals surface area contributed by atoms with E-state index in [2.05, 4.69) is 53.1 Å². The van der Waals surface area contributed by atoms with Crippen LogP contribution in [0.2, 0.25) is 0 Å². The lowest BCUT2D eigenvalue weighted by Gasteiger charge is -2.34. The van der Waals surface area contributed by atoms with E-state index in [1.54, 1.807) is 0 Å². The highest BCUT2D eigenvalue weighted by Crippen LogP contribution is 2.16. The summed E-state index contributed by atoms with van der Waals surface area (Å²) in [6.45, 7) is 9.93. The van der Waals surface area contributed by atoms with Gasteiger partial charge in [-0.25, -0.2) is 0 Å². The Kier molecular flexibility index (Phi) is 5.59. The predicted molar refractivity (Wildman–Crippen MR) is 85.7 cm³/mol. The Balaban J connectivity index is 1.80. The standard InChI is InChI=1S/C16H26N4O/c1-13(2)15-5-3-14(4-6-15)11-19-7-9-20(10-8-19)12-16(17)18-21/h3-6,13,21H,7-12H2,1-2H3,(H2,17,18). The van der Waals surface area contributed by atoms with Crippen LogP contribution < -0.4 is 5.73 Å². The molecule has 116 valence electrons. The summed E-state index contributed by atoms with van der Waals surface area (Å²) in [6.07, 6.45) is 0. The second-order valence-corrected chi connectivity index (χ2v) is 6.04. The van der Waals surface area contributed by atoms with Crippen LogP contribution in [-0.4, -0.2) is 53.6 Å². The summed E-state index contributed by atoms with van der Waals surface area (Å²) >= 11 is 0. The molecular formula is C16H26N4O. The van der Waals surface area contributed by atoms with Gasteiger partial charge in [-0.1, -0.05) is 43.3 Å². The van der Waals surface area contributed by atoms with Crippen LogP contribution in [0, 0.1) is 0 Å². The molecule has 1 saturated heterocycles. The number of hydrogen-bond donors (Lipinski definition) is 2. The lowest BCUT2D eigenvalue weighted by atomic mass is 10.0. The van der Waals surface area contributed by atoms with Gasteiger partial charge in [0.25, 0.3) is 0 Å². The normalized spacial score (nSPS) is 18.3. The van der Waals surface area contributed by atoms with Gasteiger partial charge in [-0.15, -0.1) is 0 Å². The van der Waals surface area contributed by atoms with E-state index in [1.165, 1.54) is 11.1 Å². The number of amidine groups is 1. The molecule has 0 amide bonds. The van der Waals surface area contributed by atoms with Crippen molar-refractivity contribution in [1.82, 2.24) is 9.80 Å². The maximum Gasteiger partial charge on any atom is 0.153 e. The minimum Gasteiger partial charge on any atom is -0.409 e. The second-order valence-electron chi connectivity index (χ2n) is 6.04. The van der Waals surface area contributed by atoms with Gasteiger partial charge in [-0.2, -0.15) is 0 Å². The van der Waals surface area contributed by atoms with Gasteiger partial charge >= 0.3 is 0 Å². The van der Waals surface area contributed by atoms with Gasteiger partial charge in [-0.3, -0.25) is 9.80 Å². The van der Waals surface area contributed by atoms with Gasteiger partial charge in [0, 0.05) is 32.7 Å². The molecule has 2 rings (SSSR count). The van der Waals surface area contributed by atoms with E-state index in [-0.39, 0.29) is 5.84 Å². The van der Waals surface area contributed by atoms with E-state index >= 15 is 0 Å². The van der Waals surface area contributed by atoms with Gasteiger partial charge in [0.2, 0.25) is 0 Å². The van der Waals surface area contributed by atoms with Crippen LogP contribution in [0.3, 0.4) is 0 Å². The molecule has 1 aromatic carbocycles. The molecule has 0 atom stereocenters. The lowest BCUT2D eigenvalue weighted by Crippen LogP contribution is -2.48.